The van der Waals surface area contributed by atoms with Crippen LogP contribution in [0.1, 0.15) is 49.9 Å². The van der Waals surface area contributed by atoms with E-state index in [1.807, 2.05) is 25.1 Å². The van der Waals surface area contributed by atoms with Crippen molar-refractivity contribution in [3.8, 4) is 0 Å². The number of carbonyl (C=O) groups excluding carboxylic acids is 1. The van der Waals surface area contributed by atoms with E-state index >= 15 is 0 Å². The predicted octanol–water partition coefficient (Wildman–Crippen LogP) is 4.06. The number of benzene rings is 1. The van der Waals surface area contributed by atoms with Gasteiger partial charge in [-0.2, -0.15) is 0 Å². The predicted molar refractivity (Wildman–Crippen MR) is 115 cm³/mol. The molecule has 5 nitrogen and oxygen atoms in total. The Labute approximate surface area is 177 Å². The average molecular weight is 411 g/mol. The van der Waals surface area contributed by atoms with Crippen LogP contribution in [0.2, 0.25) is 0 Å². The zero-order chi connectivity index (χ0) is 19.8. The molecule has 0 atom stereocenters. The van der Waals surface area contributed by atoms with Gasteiger partial charge in [-0.25, -0.2) is 0 Å². The summed E-state index contributed by atoms with van der Waals surface area (Å²) in [5, 5.41) is 12.6. The number of carbonyl (C=O) groups is 1. The van der Waals surface area contributed by atoms with Gasteiger partial charge in [-0.1, -0.05) is 42.1 Å². The van der Waals surface area contributed by atoms with Crippen molar-refractivity contribution in [3.05, 3.63) is 41.7 Å². The molecule has 0 radical (unpaired) electrons. The third-order valence-electron chi connectivity index (χ3n) is 7.24. The van der Waals surface area contributed by atoms with Gasteiger partial charge in [0.05, 0.1) is 12.3 Å². The van der Waals surface area contributed by atoms with Crippen molar-refractivity contribution in [2.75, 3.05) is 12.3 Å². The molecule has 0 saturated heterocycles. The number of hydrogen-bond acceptors (Lipinski definition) is 4. The largest absolute Gasteiger partial charge is 0.355 e. The first-order valence-electron chi connectivity index (χ1n) is 10.9. The van der Waals surface area contributed by atoms with Gasteiger partial charge in [-0.05, 0) is 74.2 Å². The standard InChI is InChI=1S/C23H30N4OS/c1-16-25-26-22(27(16)13-17-5-3-2-4-6-17)29-14-21(28)24-15-23-10-18-7-19(11-23)9-20(8-18)12-23/h2-6,18-20H,7-15H2,1H3,(H,24,28). The van der Waals surface area contributed by atoms with Crippen LogP contribution in [0.25, 0.3) is 0 Å². The van der Waals surface area contributed by atoms with Crippen LogP contribution in [0.15, 0.2) is 35.5 Å². The van der Waals surface area contributed by atoms with E-state index < -0.39 is 0 Å². The Balaban J connectivity index is 1.16. The molecular formula is C23H30N4OS. The Morgan fingerprint density at radius 1 is 1.10 bits per heavy atom. The summed E-state index contributed by atoms with van der Waals surface area (Å²) >= 11 is 1.49. The van der Waals surface area contributed by atoms with Crippen molar-refractivity contribution < 1.29 is 4.79 Å². The van der Waals surface area contributed by atoms with E-state index in [4.69, 9.17) is 0 Å². The van der Waals surface area contributed by atoms with E-state index in [9.17, 15) is 4.79 Å². The topological polar surface area (TPSA) is 59.8 Å². The molecule has 1 aromatic carbocycles. The number of amides is 1. The molecule has 4 aliphatic carbocycles. The molecule has 4 aliphatic rings. The number of nitrogens with one attached hydrogen (secondary N) is 1. The van der Waals surface area contributed by atoms with E-state index in [0.717, 1.165) is 41.8 Å². The molecule has 1 N–H and O–H groups in total. The van der Waals surface area contributed by atoms with Gasteiger partial charge in [0.2, 0.25) is 5.91 Å². The molecule has 29 heavy (non-hydrogen) atoms. The molecule has 6 heteroatoms. The Hall–Kier alpha value is -1.82. The molecule has 6 rings (SSSR count). The third-order valence-corrected chi connectivity index (χ3v) is 8.21. The number of hydrogen-bond donors (Lipinski definition) is 1. The SMILES string of the molecule is Cc1nnc(SCC(=O)NCC23CC4CC(CC(C4)C2)C3)n1Cc1ccccc1. The van der Waals surface area contributed by atoms with Crippen LogP contribution in [0, 0.1) is 30.1 Å². The molecule has 4 saturated carbocycles. The van der Waals surface area contributed by atoms with Crippen LogP contribution in [0.4, 0.5) is 0 Å². The molecule has 4 bridgehead atoms. The van der Waals surface area contributed by atoms with Gasteiger partial charge in [0.25, 0.3) is 0 Å². The Kier molecular flexibility index (Phi) is 5.14. The van der Waals surface area contributed by atoms with Gasteiger partial charge in [0.15, 0.2) is 5.16 Å². The Morgan fingerprint density at radius 3 is 2.41 bits per heavy atom. The number of nitrogens with zero attached hydrogens (tertiary/aromatic N) is 3. The monoisotopic (exact) mass is 410 g/mol. The average Bonchev–Trinajstić information content (AvgIpc) is 3.04. The minimum Gasteiger partial charge on any atom is -0.355 e. The maximum Gasteiger partial charge on any atom is 0.230 e. The lowest BCUT2D eigenvalue weighted by Crippen LogP contribution is -2.51. The fourth-order valence-electron chi connectivity index (χ4n) is 6.39. The van der Waals surface area contributed by atoms with Crippen LogP contribution >= 0.6 is 11.8 Å². The van der Waals surface area contributed by atoms with Gasteiger partial charge in [-0.15, -0.1) is 10.2 Å². The highest BCUT2D eigenvalue weighted by atomic mass is 32.2. The van der Waals surface area contributed by atoms with Gasteiger partial charge in [-0.3, -0.25) is 4.79 Å². The van der Waals surface area contributed by atoms with E-state index in [0.29, 0.717) is 11.2 Å². The molecular weight excluding hydrogens is 380 g/mol. The fourth-order valence-corrected chi connectivity index (χ4v) is 7.20. The molecule has 0 spiro atoms. The highest BCUT2D eigenvalue weighted by Crippen LogP contribution is 2.59. The van der Waals surface area contributed by atoms with E-state index in [1.54, 1.807) is 0 Å². The molecule has 2 aromatic rings. The van der Waals surface area contributed by atoms with Crippen LogP contribution in [0.5, 0.6) is 0 Å². The lowest BCUT2D eigenvalue weighted by molar-refractivity contribution is -0.120. The Bertz CT molecular complexity index is 843. The Morgan fingerprint density at radius 2 is 1.76 bits per heavy atom. The summed E-state index contributed by atoms with van der Waals surface area (Å²) in [4.78, 5) is 12.6. The van der Waals surface area contributed by atoms with E-state index in [1.165, 1.54) is 55.9 Å². The quantitative estimate of drug-likeness (QED) is 0.700. The highest BCUT2D eigenvalue weighted by Gasteiger charge is 2.50. The number of thioether (sulfide) groups is 1. The van der Waals surface area contributed by atoms with Gasteiger partial charge in [0.1, 0.15) is 5.82 Å². The van der Waals surface area contributed by atoms with Crippen LogP contribution < -0.4 is 5.32 Å². The minimum atomic E-state index is 0.123. The minimum absolute atomic E-state index is 0.123. The summed E-state index contributed by atoms with van der Waals surface area (Å²) in [6.07, 6.45) is 8.32. The van der Waals surface area contributed by atoms with Crippen molar-refractivity contribution in [1.82, 2.24) is 20.1 Å². The molecule has 0 aliphatic heterocycles. The van der Waals surface area contributed by atoms with Crippen LogP contribution in [-0.4, -0.2) is 33.0 Å². The molecule has 4 fully saturated rings. The first-order chi connectivity index (χ1) is 14.1. The van der Waals surface area contributed by atoms with E-state index in [-0.39, 0.29) is 5.91 Å². The van der Waals surface area contributed by atoms with Gasteiger partial charge >= 0.3 is 0 Å². The summed E-state index contributed by atoms with van der Waals surface area (Å²) in [6.45, 7) is 3.57. The number of aromatic nitrogens is 3. The summed E-state index contributed by atoms with van der Waals surface area (Å²) in [5.74, 6) is 4.17. The lowest BCUT2D eigenvalue weighted by atomic mass is 9.49. The normalized spacial score (nSPS) is 29.9. The van der Waals surface area contributed by atoms with Crippen molar-refractivity contribution in [2.45, 2.75) is 57.1 Å². The van der Waals surface area contributed by atoms with Crippen LogP contribution in [0.3, 0.4) is 0 Å². The second kappa shape index (κ2) is 7.78. The van der Waals surface area contributed by atoms with Crippen LogP contribution in [-0.2, 0) is 11.3 Å². The first-order valence-corrected chi connectivity index (χ1v) is 11.9. The molecule has 1 amide bonds. The molecule has 1 heterocycles. The third kappa shape index (κ3) is 4.09. The smallest absolute Gasteiger partial charge is 0.230 e. The molecule has 154 valence electrons. The van der Waals surface area contributed by atoms with Gasteiger partial charge < -0.3 is 9.88 Å². The molecule has 1 aromatic heterocycles. The maximum atomic E-state index is 12.6. The summed E-state index contributed by atoms with van der Waals surface area (Å²) < 4.78 is 2.09. The van der Waals surface area contributed by atoms with Crippen molar-refractivity contribution >= 4 is 17.7 Å². The first kappa shape index (κ1) is 19.2. The highest BCUT2D eigenvalue weighted by molar-refractivity contribution is 7.99. The second-order valence-corrected chi connectivity index (χ2v) is 10.5. The van der Waals surface area contributed by atoms with Crippen molar-refractivity contribution in [1.29, 1.82) is 0 Å². The zero-order valence-corrected chi connectivity index (χ0v) is 18.0. The summed E-state index contributed by atoms with van der Waals surface area (Å²) in [7, 11) is 0. The maximum absolute atomic E-state index is 12.6. The second-order valence-electron chi connectivity index (χ2n) is 9.58. The number of rotatable bonds is 7. The fraction of sp³-hybridized carbons (Fsp3) is 0.609. The summed E-state index contributed by atoms with van der Waals surface area (Å²) in [6, 6.07) is 10.3. The van der Waals surface area contributed by atoms with E-state index in [2.05, 4.69) is 32.2 Å². The summed E-state index contributed by atoms with van der Waals surface area (Å²) in [5.41, 5.74) is 1.60. The van der Waals surface area contributed by atoms with Crippen molar-refractivity contribution in [3.63, 3.8) is 0 Å². The molecule has 0 unspecified atom stereocenters. The zero-order valence-electron chi connectivity index (χ0n) is 17.1. The number of aryl methyl sites for hydroxylation is 1. The lowest BCUT2D eigenvalue weighted by Gasteiger charge is -2.56. The van der Waals surface area contributed by atoms with Gasteiger partial charge in [0, 0.05) is 6.54 Å². The van der Waals surface area contributed by atoms with Crippen molar-refractivity contribution in [2.24, 2.45) is 23.2 Å².